The molecule has 1 fully saturated rings. The van der Waals surface area contributed by atoms with Crippen LogP contribution in [0.1, 0.15) is 39.5 Å². The zero-order valence-corrected chi connectivity index (χ0v) is 10.7. The van der Waals surface area contributed by atoms with E-state index in [4.69, 9.17) is 11.5 Å². The first-order chi connectivity index (χ1) is 7.88. The highest BCUT2D eigenvalue weighted by molar-refractivity contribution is 5.86. The Bertz CT molecular complexity index is 294. The predicted octanol–water partition coefficient (Wildman–Crippen LogP) is 0.228. The van der Waals surface area contributed by atoms with Gasteiger partial charge in [-0.15, -0.1) is 0 Å². The van der Waals surface area contributed by atoms with Gasteiger partial charge in [-0.2, -0.15) is 0 Å². The summed E-state index contributed by atoms with van der Waals surface area (Å²) >= 11 is 0. The molecule has 0 aromatic carbocycles. The van der Waals surface area contributed by atoms with E-state index in [-0.39, 0.29) is 17.7 Å². The van der Waals surface area contributed by atoms with Gasteiger partial charge in [0.25, 0.3) is 0 Å². The predicted molar refractivity (Wildman–Crippen MR) is 66.0 cm³/mol. The topological polar surface area (TPSA) is 89.4 Å². The quantitative estimate of drug-likeness (QED) is 0.738. The summed E-state index contributed by atoms with van der Waals surface area (Å²) in [4.78, 5) is 25.0. The van der Waals surface area contributed by atoms with Crippen LogP contribution in [0.3, 0.4) is 0 Å². The number of rotatable bonds is 4. The van der Waals surface area contributed by atoms with Gasteiger partial charge in [0, 0.05) is 19.0 Å². The third kappa shape index (κ3) is 3.43. The highest BCUT2D eigenvalue weighted by atomic mass is 16.2. The van der Waals surface area contributed by atoms with Gasteiger partial charge in [-0.05, 0) is 26.2 Å². The number of nitrogens with two attached hydrogens (primary N) is 2. The van der Waals surface area contributed by atoms with Crippen LogP contribution in [0.5, 0.6) is 0 Å². The van der Waals surface area contributed by atoms with Crippen molar-refractivity contribution in [3.8, 4) is 0 Å². The van der Waals surface area contributed by atoms with E-state index in [9.17, 15) is 9.59 Å². The molecule has 1 heterocycles. The molecule has 17 heavy (non-hydrogen) atoms. The van der Waals surface area contributed by atoms with Crippen LogP contribution in [0, 0.1) is 5.92 Å². The number of carbonyl (C=O) groups excluding carboxylic acids is 2. The molecule has 0 bridgehead atoms. The highest BCUT2D eigenvalue weighted by Crippen LogP contribution is 2.20. The van der Waals surface area contributed by atoms with E-state index in [1.165, 1.54) is 0 Å². The molecule has 5 heteroatoms. The minimum Gasteiger partial charge on any atom is -0.369 e. The molecule has 0 aromatic heterocycles. The molecule has 0 aliphatic carbocycles. The molecule has 0 spiro atoms. The van der Waals surface area contributed by atoms with Crippen molar-refractivity contribution in [1.82, 2.24) is 4.90 Å². The minimum atomic E-state index is -0.783. The molecule has 1 aliphatic heterocycles. The van der Waals surface area contributed by atoms with Crippen molar-refractivity contribution < 1.29 is 9.59 Å². The van der Waals surface area contributed by atoms with Gasteiger partial charge >= 0.3 is 0 Å². The number of nitrogens with zero attached hydrogens (tertiary/aromatic N) is 1. The van der Waals surface area contributed by atoms with Crippen LogP contribution in [0.2, 0.25) is 0 Å². The third-order valence-corrected chi connectivity index (χ3v) is 3.44. The van der Waals surface area contributed by atoms with Gasteiger partial charge in [0.05, 0.1) is 5.54 Å². The first-order valence-electron chi connectivity index (χ1n) is 6.26. The molecule has 4 N–H and O–H groups in total. The number of hydrogen-bond donors (Lipinski definition) is 2. The van der Waals surface area contributed by atoms with Crippen molar-refractivity contribution in [1.29, 1.82) is 0 Å². The molecule has 1 aliphatic rings. The summed E-state index contributed by atoms with van der Waals surface area (Å²) in [6.07, 6.45) is 2.88. The molecule has 1 atom stereocenters. The lowest BCUT2D eigenvalue weighted by Gasteiger charge is -2.36. The van der Waals surface area contributed by atoms with Gasteiger partial charge < -0.3 is 16.4 Å². The SMILES string of the molecule is CCCC(C)(N)C(=O)N1CCC(C(N)=O)CC1. The lowest BCUT2D eigenvalue weighted by molar-refractivity contribution is -0.139. The molecule has 0 aromatic rings. The molecular formula is C12H23N3O2. The fourth-order valence-electron chi connectivity index (χ4n) is 2.35. The first-order valence-corrected chi connectivity index (χ1v) is 6.26. The van der Waals surface area contributed by atoms with Crippen molar-refractivity contribution in [2.75, 3.05) is 13.1 Å². The average Bonchev–Trinajstić information content (AvgIpc) is 2.28. The van der Waals surface area contributed by atoms with Crippen LogP contribution in [0.15, 0.2) is 0 Å². The second-order valence-electron chi connectivity index (χ2n) is 5.14. The molecule has 2 amide bonds. The van der Waals surface area contributed by atoms with Crippen LogP contribution in [-0.2, 0) is 9.59 Å². The summed E-state index contributed by atoms with van der Waals surface area (Å²) in [5.74, 6) is -0.363. The number of primary amides is 1. The Morgan fingerprint density at radius 2 is 1.88 bits per heavy atom. The number of carbonyl (C=O) groups is 2. The molecule has 0 saturated carbocycles. The molecule has 5 nitrogen and oxygen atoms in total. The van der Waals surface area contributed by atoms with E-state index in [1.807, 2.05) is 6.92 Å². The second-order valence-corrected chi connectivity index (χ2v) is 5.14. The Morgan fingerprint density at radius 3 is 2.29 bits per heavy atom. The van der Waals surface area contributed by atoms with Crippen molar-refractivity contribution in [3.05, 3.63) is 0 Å². The van der Waals surface area contributed by atoms with E-state index >= 15 is 0 Å². The Balaban J connectivity index is 2.54. The molecule has 1 unspecified atom stereocenters. The fourth-order valence-corrected chi connectivity index (χ4v) is 2.35. The zero-order chi connectivity index (χ0) is 13.1. The summed E-state index contributed by atoms with van der Waals surface area (Å²) in [7, 11) is 0. The Labute approximate surface area is 103 Å². The van der Waals surface area contributed by atoms with E-state index in [0.717, 1.165) is 6.42 Å². The Hall–Kier alpha value is -1.10. The van der Waals surface area contributed by atoms with Crippen LogP contribution in [0.4, 0.5) is 0 Å². The van der Waals surface area contributed by atoms with Gasteiger partial charge in [0.15, 0.2) is 0 Å². The third-order valence-electron chi connectivity index (χ3n) is 3.44. The zero-order valence-electron chi connectivity index (χ0n) is 10.7. The summed E-state index contributed by atoms with van der Waals surface area (Å²) in [6, 6.07) is 0. The van der Waals surface area contributed by atoms with Crippen LogP contribution >= 0.6 is 0 Å². The number of hydrogen-bond acceptors (Lipinski definition) is 3. The maximum Gasteiger partial charge on any atom is 0.242 e. The second kappa shape index (κ2) is 5.49. The molecule has 98 valence electrons. The Morgan fingerprint density at radius 1 is 1.35 bits per heavy atom. The van der Waals surface area contributed by atoms with E-state index in [1.54, 1.807) is 11.8 Å². The van der Waals surface area contributed by atoms with E-state index < -0.39 is 5.54 Å². The molecule has 1 saturated heterocycles. The standard InChI is InChI=1S/C12H23N3O2/c1-3-6-12(2,14)11(17)15-7-4-9(5-8-15)10(13)16/h9H,3-8,14H2,1-2H3,(H2,13,16). The fraction of sp³-hybridized carbons (Fsp3) is 0.833. The first kappa shape index (κ1) is 14.0. The van der Waals surface area contributed by atoms with Crippen molar-refractivity contribution >= 4 is 11.8 Å². The smallest absolute Gasteiger partial charge is 0.242 e. The largest absolute Gasteiger partial charge is 0.369 e. The Kier molecular flexibility index (Phi) is 4.51. The summed E-state index contributed by atoms with van der Waals surface area (Å²) < 4.78 is 0. The van der Waals surface area contributed by atoms with Crippen molar-refractivity contribution in [2.24, 2.45) is 17.4 Å². The van der Waals surface area contributed by atoms with Gasteiger partial charge in [0.2, 0.25) is 11.8 Å². The summed E-state index contributed by atoms with van der Waals surface area (Å²) in [6.45, 7) is 4.96. The van der Waals surface area contributed by atoms with Gasteiger partial charge in [0.1, 0.15) is 0 Å². The van der Waals surface area contributed by atoms with Crippen molar-refractivity contribution in [2.45, 2.75) is 45.1 Å². The van der Waals surface area contributed by atoms with Crippen molar-refractivity contribution in [3.63, 3.8) is 0 Å². The lowest BCUT2D eigenvalue weighted by atomic mass is 9.91. The normalized spacial score (nSPS) is 21.0. The average molecular weight is 241 g/mol. The minimum absolute atomic E-state index is 0.0118. The molecular weight excluding hydrogens is 218 g/mol. The lowest BCUT2D eigenvalue weighted by Crippen LogP contribution is -2.55. The summed E-state index contributed by atoms with van der Waals surface area (Å²) in [5, 5.41) is 0. The number of amides is 2. The van der Waals surface area contributed by atoms with Crippen LogP contribution in [-0.4, -0.2) is 35.3 Å². The molecule has 0 radical (unpaired) electrons. The van der Waals surface area contributed by atoms with Gasteiger partial charge in [-0.3, -0.25) is 9.59 Å². The van der Waals surface area contributed by atoms with Gasteiger partial charge in [-0.25, -0.2) is 0 Å². The monoisotopic (exact) mass is 241 g/mol. The van der Waals surface area contributed by atoms with E-state index in [0.29, 0.717) is 32.4 Å². The number of likely N-dealkylation sites (tertiary alicyclic amines) is 1. The summed E-state index contributed by atoms with van der Waals surface area (Å²) in [5.41, 5.74) is 10.5. The maximum atomic E-state index is 12.2. The maximum absolute atomic E-state index is 12.2. The van der Waals surface area contributed by atoms with Crippen LogP contribution in [0.25, 0.3) is 0 Å². The molecule has 1 rings (SSSR count). The highest BCUT2D eigenvalue weighted by Gasteiger charge is 2.34. The number of piperidine rings is 1. The van der Waals surface area contributed by atoms with Crippen LogP contribution < -0.4 is 11.5 Å². The van der Waals surface area contributed by atoms with Gasteiger partial charge in [-0.1, -0.05) is 13.3 Å². The van der Waals surface area contributed by atoms with E-state index in [2.05, 4.69) is 0 Å².